The van der Waals surface area contributed by atoms with E-state index in [9.17, 15) is 14.4 Å². The SMILES string of the molecule is CCN1C(=O)N(CC(=O)c2ccccc2)C(=O)C1(C)C1CCC(C)C1. The molecule has 5 nitrogen and oxygen atoms in total. The van der Waals surface area contributed by atoms with Gasteiger partial charge in [0.2, 0.25) is 0 Å². The lowest BCUT2D eigenvalue weighted by Gasteiger charge is -2.36. The fourth-order valence-corrected chi connectivity index (χ4v) is 4.39. The fourth-order valence-electron chi connectivity index (χ4n) is 4.39. The highest BCUT2D eigenvalue weighted by atomic mass is 16.2. The molecule has 1 heterocycles. The molecule has 3 amide bonds. The first-order chi connectivity index (χ1) is 11.9. The number of rotatable bonds is 5. The number of urea groups is 1. The first-order valence-electron chi connectivity index (χ1n) is 9.11. The van der Waals surface area contributed by atoms with Crippen molar-refractivity contribution in [1.29, 1.82) is 0 Å². The second-order valence-electron chi connectivity index (χ2n) is 7.47. The van der Waals surface area contributed by atoms with Crippen molar-refractivity contribution < 1.29 is 14.4 Å². The second kappa shape index (κ2) is 6.62. The Morgan fingerprint density at radius 3 is 2.44 bits per heavy atom. The van der Waals surface area contributed by atoms with Crippen LogP contribution in [0.3, 0.4) is 0 Å². The summed E-state index contributed by atoms with van der Waals surface area (Å²) in [6.07, 6.45) is 2.99. The Hall–Kier alpha value is -2.17. The molecule has 1 aromatic carbocycles. The molecule has 3 unspecified atom stereocenters. The van der Waals surface area contributed by atoms with Gasteiger partial charge in [-0.05, 0) is 38.5 Å². The summed E-state index contributed by atoms with van der Waals surface area (Å²) in [5.41, 5.74) is -0.303. The summed E-state index contributed by atoms with van der Waals surface area (Å²) in [6, 6.07) is 8.48. The molecule has 0 bridgehead atoms. The van der Waals surface area contributed by atoms with Crippen molar-refractivity contribution in [3.63, 3.8) is 0 Å². The quantitative estimate of drug-likeness (QED) is 0.609. The van der Waals surface area contributed by atoms with Gasteiger partial charge in [-0.15, -0.1) is 0 Å². The third-order valence-electron chi connectivity index (χ3n) is 5.90. The first kappa shape index (κ1) is 17.6. The van der Waals surface area contributed by atoms with E-state index in [2.05, 4.69) is 6.92 Å². The third-order valence-corrected chi connectivity index (χ3v) is 5.90. The summed E-state index contributed by atoms with van der Waals surface area (Å²) in [5.74, 6) is 0.310. The lowest BCUT2D eigenvalue weighted by Crippen LogP contribution is -2.52. The monoisotopic (exact) mass is 342 g/mol. The van der Waals surface area contributed by atoms with Gasteiger partial charge in [0.25, 0.3) is 5.91 Å². The van der Waals surface area contributed by atoms with Crippen LogP contribution >= 0.6 is 0 Å². The Morgan fingerprint density at radius 2 is 1.88 bits per heavy atom. The second-order valence-corrected chi connectivity index (χ2v) is 7.47. The lowest BCUT2D eigenvalue weighted by atomic mass is 9.82. The Morgan fingerprint density at radius 1 is 1.20 bits per heavy atom. The molecule has 1 aromatic rings. The van der Waals surface area contributed by atoms with E-state index in [0.717, 1.165) is 24.2 Å². The zero-order valence-electron chi connectivity index (χ0n) is 15.2. The average Bonchev–Trinajstić information content (AvgIpc) is 3.12. The van der Waals surface area contributed by atoms with Crippen molar-refractivity contribution in [2.24, 2.45) is 11.8 Å². The highest BCUT2D eigenvalue weighted by Crippen LogP contribution is 2.44. The van der Waals surface area contributed by atoms with Gasteiger partial charge in [0.1, 0.15) is 5.54 Å². The number of hydrogen-bond donors (Lipinski definition) is 0. The molecule has 1 saturated carbocycles. The van der Waals surface area contributed by atoms with E-state index in [4.69, 9.17) is 0 Å². The van der Waals surface area contributed by atoms with Crippen molar-refractivity contribution in [3.8, 4) is 0 Å². The van der Waals surface area contributed by atoms with Crippen LogP contribution in [0.5, 0.6) is 0 Å². The number of benzene rings is 1. The van der Waals surface area contributed by atoms with E-state index in [1.54, 1.807) is 29.2 Å². The number of ketones is 1. The van der Waals surface area contributed by atoms with E-state index in [1.165, 1.54) is 0 Å². The average molecular weight is 342 g/mol. The zero-order chi connectivity index (χ0) is 18.2. The molecule has 2 fully saturated rings. The standard InChI is InChI=1S/C20H26N2O3/c1-4-22-19(25)21(13-17(23)15-8-6-5-7-9-15)18(24)20(22,3)16-11-10-14(2)12-16/h5-9,14,16H,4,10-13H2,1-3H3. The molecule has 5 heteroatoms. The molecule has 3 rings (SSSR count). The molecular formula is C20H26N2O3. The zero-order valence-corrected chi connectivity index (χ0v) is 15.2. The van der Waals surface area contributed by atoms with E-state index in [-0.39, 0.29) is 30.2 Å². The van der Waals surface area contributed by atoms with Crippen LogP contribution in [0, 0.1) is 11.8 Å². The van der Waals surface area contributed by atoms with Crippen LogP contribution in [-0.2, 0) is 4.79 Å². The Balaban J connectivity index is 1.85. The fraction of sp³-hybridized carbons (Fsp3) is 0.550. The summed E-state index contributed by atoms with van der Waals surface area (Å²) < 4.78 is 0. The minimum absolute atomic E-state index is 0.163. The van der Waals surface area contributed by atoms with Gasteiger partial charge in [0.15, 0.2) is 5.78 Å². The summed E-state index contributed by atoms with van der Waals surface area (Å²) in [5, 5.41) is 0. The van der Waals surface area contributed by atoms with Gasteiger partial charge in [-0.1, -0.05) is 43.7 Å². The van der Waals surface area contributed by atoms with Crippen LogP contribution in [0.15, 0.2) is 30.3 Å². The number of hydrogen-bond acceptors (Lipinski definition) is 3. The van der Waals surface area contributed by atoms with Crippen LogP contribution in [0.25, 0.3) is 0 Å². The maximum Gasteiger partial charge on any atom is 0.328 e. The maximum atomic E-state index is 13.2. The van der Waals surface area contributed by atoms with E-state index < -0.39 is 5.54 Å². The number of carbonyl (C=O) groups is 3. The number of imide groups is 1. The van der Waals surface area contributed by atoms with Crippen molar-refractivity contribution >= 4 is 17.7 Å². The van der Waals surface area contributed by atoms with Gasteiger partial charge < -0.3 is 4.90 Å². The number of likely N-dealkylation sites (N-methyl/N-ethyl adjacent to an activating group) is 1. The topological polar surface area (TPSA) is 57.7 Å². The highest BCUT2D eigenvalue weighted by molar-refractivity contribution is 6.11. The van der Waals surface area contributed by atoms with Crippen molar-refractivity contribution in [2.75, 3.05) is 13.1 Å². The van der Waals surface area contributed by atoms with E-state index in [0.29, 0.717) is 18.0 Å². The van der Waals surface area contributed by atoms with Crippen molar-refractivity contribution in [1.82, 2.24) is 9.80 Å². The van der Waals surface area contributed by atoms with Crippen LogP contribution < -0.4 is 0 Å². The molecule has 0 aromatic heterocycles. The third kappa shape index (κ3) is 2.86. The largest absolute Gasteiger partial charge is 0.328 e. The van der Waals surface area contributed by atoms with Gasteiger partial charge in [-0.3, -0.25) is 14.5 Å². The summed E-state index contributed by atoms with van der Waals surface area (Å²) >= 11 is 0. The van der Waals surface area contributed by atoms with Crippen LogP contribution in [0.1, 0.15) is 50.4 Å². The van der Waals surface area contributed by atoms with Gasteiger partial charge in [-0.2, -0.15) is 0 Å². The van der Waals surface area contributed by atoms with Gasteiger partial charge in [0.05, 0.1) is 6.54 Å². The Labute approximate surface area is 149 Å². The lowest BCUT2D eigenvalue weighted by molar-refractivity contribution is -0.134. The summed E-state index contributed by atoms with van der Waals surface area (Å²) in [4.78, 5) is 41.3. The molecule has 0 N–H and O–H groups in total. The maximum absolute atomic E-state index is 13.2. The van der Waals surface area contributed by atoms with Crippen LogP contribution in [0.2, 0.25) is 0 Å². The molecule has 25 heavy (non-hydrogen) atoms. The molecule has 1 aliphatic heterocycles. The summed E-state index contributed by atoms with van der Waals surface area (Å²) in [6.45, 7) is 6.26. The molecule has 2 aliphatic rings. The number of Topliss-reactive ketones (excluding diaryl/α,β-unsaturated/α-hetero) is 1. The highest BCUT2D eigenvalue weighted by Gasteiger charge is 2.58. The smallest absolute Gasteiger partial charge is 0.310 e. The molecule has 1 aliphatic carbocycles. The Kier molecular flexibility index (Phi) is 4.67. The number of carbonyl (C=O) groups excluding carboxylic acids is 3. The van der Waals surface area contributed by atoms with Gasteiger partial charge in [0, 0.05) is 12.1 Å². The molecule has 1 saturated heterocycles. The number of nitrogens with zero attached hydrogens (tertiary/aromatic N) is 2. The summed E-state index contributed by atoms with van der Waals surface area (Å²) in [7, 11) is 0. The molecular weight excluding hydrogens is 316 g/mol. The van der Waals surface area contributed by atoms with Gasteiger partial charge >= 0.3 is 6.03 Å². The van der Waals surface area contributed by atoms with Gasteiger partial charge in [-0.25, -0.2) is 4.79 Å². The van der Waals surface area contributed by atoms with E-state index >= 15 is 0 Å². The Bertz CT molecular complexity index is 687. The molecule has 134 valence electrons. The van der Waals surface area contributed by atoms with E-state index in [1.807, 2.05) is 19.9 Å². The predicted molar refractivity (Wildman–Crippen MR) is 95.2 cm³/mol. The normalized spacial score (nSPS) is 29.6. The first-order valence-corrected chi connectivity index (χ1v) is 9.11. The van der Waals surface area contributed by atoms with Crippen molar-refractivity contribution in [2.45, 2.75) is 45.6 Å². The predicted octanol–water partition coefficient (Wildman–Crippen LogP) is 3.35. The molecule has 0 radical (unpaired) electrons. The molecule has 0 spiro atoms. The van der Waals surface area contributed by atoms with Crippen molar-refractivity contribution in [3.05, 3.63) is 35.9 Å². The van der Waals surface area contributed by atoms with Crippen LogP contribution in [0.4, 0.5) is 4.79 Å². The molecule has 3 atom stereocenters. The van der Waals surface area contributed by atoms with Crippen LogP contribution in [-0.4, -0.2) is 46.1 Å². The minimum atomic E-state index is -0.826. The minimum Gasteiger partial charge on any atom is -0.310 e. The number of amides is 3.